The topological polar surface area (TPSA) is 44.1 Å². The molecule has 0 aromatic heterocycles. The number of nitriles is 1. The number of rotatable bonds is 5. The van der Waals surface area contributed by atoms with Crippen LogP contribution in [0.2, 0.25) is 0 Å². The van der Waals surface area contributed by atoms with Crippen LogP contribution in [0.1, 0.15) is 26.7 Å². The Morgan fingerprint density at radius 1 is 1.35 bits per heavy atom. The number of anilines is 1. The van der Waals surface area contributed by atoms with Crippen molar-refractivity contribution < 1.29 is 4.79 Å². The third kappa shape index (κ3) is 3.32. The molecule has 1 rings (SSSR count). The highest BCUT2D eigenvalue weighted by Gasteiger charge is 2.23. The molecule has 17 heavy (non-hydrogen) atoms. The second-order valence-corrected chi connectivity index (χ2v) is 3.89. The molecule has 3 heteroatoms. The van der Waals surface area contributed by atoms with Crippen molar-refractivity contribution in [3.05, 3.63) is 30.3 Å². The quantitative estimate of drug-likeness (QED) is 0.780. The third-order valence-corrected chi connectivity index (χ3v) is 2.68. The molecule has 1 aromatic carbocycles. The molecule has 1 atom stereocenters. The van der Waals surface area contributed by atoms with Crippen LogP contribution < -0.4 is 4.90 Å². The predicted octanol–water partition coefficient (Wildman–Crippen LogP) is 2.98. The van der Waals surface area contributed by atoms with Crippen molar-refractivity contribution in [2.45, 2.75) is 26.7 Å². The summed E-state index contributed by atoms with van der Waals surface area (Å²) in [4.78, 5) is 13.9. The monoisotopic (exact) mass is 230 g/mol. The first-order chi connectivity index (χ1) is 8.24. The standard InChI is InChI=1S/C14H18N2O/c1-3-8-12(11-15)14(17)16(4-2)13-9-6-5-7-10-13/h5-7,9-10,12H,3-4,8H2,1-2H3. The maximum absolute atomic E-state index is 12.2. The molecule has 0 saturated carbocycles. The summed E-state index contributed by atoms with van der Waals surface area (Å²) in [7, 11) is 0. The van der Waals surface area contributed by atoms with E-state index in [0.29, 0.717) is 13.0 Å². The molecule has 90 valence electrons. The van der Waals surface area contributed by atoms with Crippen LogP contribution in [0.5, 0.6) is 0 Å². The van der Waals surface area contributed by atoms with Gasteiger partial charge in [0.25, 0.3) is 0 Å². The number of benzene rings is 1. The van der Waals surface area contributed by atoms with Gasteiger partial charge in [-0.2, -0.15) is 5.26 Å². The van der Waals surface area contributed by atoms with E-state index in [1.807, 2.05) is 44.2 Å². The van der Waals surface area contributed by atoms with Crippen molar-refractivity contribution in [1.82, 2.24) is 0 Å². The molecule has 1 amide bonds. The number of amides is 1. The van der Waals surface area contributed by atoms with Crippen LogP contribution in [-0.2, 0) is 4.79 Å². The van der Waals surface area contributed by atoms with Crippen LogP contribution in [0.3, 0.4) is 0 Å². The van der Waals surface area contributed by atoms with Crippen molar-refractivity contribution in [1.29, 1.82) is 5.26 Å². The predicted molar refractivity (Wildman–Crippen MR) is 68.5 cm³/mol. The third-order valence-electron chi connectivity index (χ3n) is 2.68. The number of para-hydroxylation sites is 1. The Morgan fingerprint density at radius 2 is 2.00 bits per heavy atom. The van der Waals surface area contributed by atoms with Crippen LogP contribution in [0.15, 0.2) is 30.3 Å². The van der Waals surface area contributed by atoms with E-state index in [9.17, 15) is 4.79 Å². The smallest absolute Gasteiger partial charge is 0.244 e. The van der Waals surface area contributed by atoms with Crippen molar-refractivity contribution in [3.8, 4) is 6.07 Å². The lowest BCUT2D eigenvalue weighted by molar-refractivity contribution is -0.120. The van der Waals surface area contributed by atoms with E-state index >= 15 is 0 Å². The molecule has 0 spiro atoms. The lowest BCUT2D eigenvalue weighted by Gasteiger charge is -2.23. The van der Waals surface area contributed by atoms with Gasteiger partial charge in [0.15, 0.2) is 0 Å². The Bertz CT molecular complexity index is 394. The average Bonchev–Trinajstić information content (AvgIpc) is 2.38. The van der Waals surface area contributed by atoms with E-state index in [2.05, 4.69) is 6.07 Å². The average molecular weight is 230 g/mol. The molecular formula is C14H18N2O. The number of nitrogens with zero attached hydrogens (tertiary/aromatic N) is 2. The zero-order valence-electron chi connectivity index (χ0n) is 10.4. The molecule has 0 aliphatic heterocycles. The first kappa shape index (κ1) is 13.2. The normalized spacial score (nSPS) is 11.6. The summed E-state index contributed by atoms with van der Waals surface area (Å²) in [5.74, 6) is -0.622. The molecular weight excluding hydrogens is 212 g/mol. The maximum Gasteiger partial charge on any atom is 0.244 e. The fourth-order valence-electron chi connectivity index (χ4n) is 1.79. The minimum atomic E-state index is -0.528. The Hall–Kier alpha value is -1.82. The maximum atomic E-state index is 12.2. The van der Waals surface area contributed by atoms with E-state index < -0.39 is 5.92 Å². The Kier molecular flexibility index (Phi) is 5.22. The number of carbonyl (C=O) groups is 1. The minimum Gasteiger partial charge on any atom is -0.312 e. The first-order valence-electron chi connectivity index (χ1n) is 6.00. The summed E-state index contributed by atoms with van der Waals surface area (Å²) in [6.45, 7) is 4.49. The van der Waals surface area contributed by atoms with Crippen molar-refractivity contribution in [2.75, 3.05) is 11.4 Å². The van der Waals surface area contributed by atoms with Crippen molar-refractivity contribution in [2.24, 2.45) is 5.92 Å². The second-order valence-electron chi connectivity index (χ2n) is 3.89. The largest absolute Gasteiger partial charge is 0.312 e. The van der Waals surface area contributed by atoms with Crippen LogP contribution in [0.4, 0.5) is 5.69 Å². The van der Waals surface area contributed by atoms with E-state index in [-0.39, 0.29) is 5.91 Å². The highest BCUT2D eigenvalue weighted by atomic mass is 16.2. The van der Waals surface area contributed by atoms with Gasteiger partial charge in [0, 0.05) is 12.2 Å². The molecule has 0 fully saturated rings. The Morgan fingerprint density at radius 3 is 2.47 bits per heavy atom. The molecule has 1 aromatic rings. The van der Waals surface area contributed by atoms with Crippen LogP contribution in [0, 0.1) is 17.2 Å². The van der Waals surface area contributed by atoms with Crippen LogP contribution >= 0.6 is 0 Å². The van der Waals surface area contributed by atoms with Gasteiger partial charge in [-0.3, -0.25) is 4.79 Å². The van der Waals surface area contributed by atoms with Gasteiger partial charge in [0.1, 0.15) is 5.92 Å². The van der Waals surface area contributed by atoms with Gasteiger partial charge < -0.3 is 4.90 Å². The van der Waals surface area contributed by atoms with Crippen molar-refractivity contribution in [3.63, 3.8) is 0 Å². The molecule has 0 aliphatic rings. The molecule has 1 unspecified atom stereocenters. The minimum absolute atomic E-state index is 0.0944. The van der Waals surface area contributed by atoms with Gasteiger partial charge in [0.2, 0.25) is 5.91 Å². The lowest BCUT2D eigenvalue weighted by Crippen LogP contribution is -2.35. The van der Waals surface area contributed by atoms with Gasteiger partial charge in [-0.1, -0.05) is 31.5 Å². The Labute approximate surface area is 103 Å². The van der Waals surface area contributed by atoms with Gasteiger partial charge in [0.05, 0.1) is 6.07 Å². The molecule has 3 nitrogen and oxygen atoms in total. The van der Waals surface area contributed by atoms with Gasteiger partial charge in [-0.15, -0.1) is 0 Å². The highest BCUT2D eigenvalue weighted by molar-refractivity contribution is 5.96. The second kappa shape index (κ2) is 6.70. The Balaban J connectivity index is 2.88. The first-order valence-corrected chi connectivity index (χ1v) is 6.00. The highest BCUT2D eigenvalue weighted by Crippen LogP contribution is 2.18. The number of carbonyl (C=O) groups excluding carboxylic acids is 1. The molecule has 0 bridgehead atoms. The summed E-state index contributed by atoms with van der Waals surface area (Å²) < 4.78 is 0. The molecule has 0 heterocycles. The molecule has 0 saturated heterocycles. The van der Waals surface area contributed by atoms with Gasteiger partial charge in [-0.05, 0) is 25.5 Å². The van der Waals surface area contributed by atoms with Gasteiger partial charge >= 0.3 is 0 Å². The lowest BCUT2D eigenvalue weighted by atomic mass is 10.0. The fraction of sp³-hybridized carbons (Fsp3) is 0.429. The van der Waals surface area contributed by atoms with E-state index in [1.54, 1.807) is 4.90 Å². The SMILES string of the molecule is CCCC(C#N)C(=O)N(CC)c1ccccc1. The zero-order chi connectivity index (χ0) is 12.7. The summed E-state index contributed by atoms with van der Waals surface area (Å²) in [6.07, 6.45) is 1.47. The zero-order valence-corrected chi connectivity index (χ0v) is 10.4. The van der Waals surface area contributed by atoms with Crippen LogP contribution in [-0.4, -0.2) is 12.5 Å². The summed E-state index contributed by atoms with van der Waals surface area (Å²) in [6, 6.07) is 11.6. The summed E-state index contributed by atoms with van der Waals surface area (Å²) >= 11 is 0. The molecule has 0 N–H and O–H groups in total. The number of hydrogen-bond donors (Lipinski definition) is 0. The molecule has 0 aliphatic carbocycles. The van der Waals surface area contributed by atoms with E-state index in [0.717, 1.165) is 12.1 Å². The van der Waals surface area contributed by atoms with Crippen molar-refractivity contribution >= 4 is 11.6 Å². The van der Waals surface area contributed by atoms with Gasteiger partial charge in [-0.25, -0.2) is 0 Å². The van der Waals surface area contributed by atoms with Crippen LogP contribution in [0.25, 0.3) is 0 Å². The summed E-state index contributed by atoms with van der Waals surface area (Å²) in [5.41, 5.74) is 0.858. The molecule has 0 radical (unpaired) electrons. The fourth-order valence-corrected chi connectivity index (χ4v) is 1.79. The number of hydrogen-bond acceptors (Lipinski definition) is 2. The van der Waals surface area contributed by atoms with E-state index in [1.165, 1.54) is 0 Å². The van der Waals surface area contributed by atoms with E-state index in [4.69, 9.17) is 5.26 Å². The summed E-state index contributed by atoms with van der Waals surface area (Å²) in [5, 5.41) is 9.02.